The SMILES string of the molecule is O=[C]/C(=C\c1ccccn1)C(=O)Nc1cccs1. The summed E-state index contributed by atoms with van der Waals surface area (Å²) in [7, 11) is 0. The Morgan fingerprint density at radius 3 is 2.83 bits per heavy atom. The molecular formula is C13H9N2O2S. The van der Waals surface area contributed by atoms with Crippen LogP contribution in [-0.2, 0) is 9.59 Å². The van der Waals surface area contributed by atoms with E-state index in [0.717, 1.165) is 0 Å². The lowest BCUT2D eigenvalue weighted by Gasteiger charge is -2.00. The van der Waals surface area contributed by atoms with E-state index >= 15 is 0 Å². The number of nitrogens with zero attached hydrogens (tertiary/aromatic N) is 1. The highest BCUT2D eigenvalue weighted by Gasteiger charge is 2.10. The van der Waals surface area contributed by atoms with Gasteiger partial charge in [-0.15, -0.1) is 11.3 Å². The van der Waals surface area contributed by atoms with Crippen molar-refractivity contribution in [3.8, 4) is 0 Å². The maximum atomic E-state index is 11.8. The molecule has 0 unspecified atom stereocenters. The lowest BCUT2D eigenvalue weighted by Crippen LogP contribution is -2.14. The van der Waals surface area contributed by atoms with Crippen molar-refractivity contribution in [3.63, 3.8) is 0 Å². The molecular weight excluding hydrogens is 248 g/mol. The van der Waals surface area contributed by atoms with Gasteiger partial charge in [-0.05, 0) is 35.7 Å². The predicted molar refractivity (Wildman–Crippen MR) is 70.9 cm³/mol. The van der Waals surface area contributed by atoms with E-state index in [1.807, 2.05) is 11.4 Å². The first-order valence-electron chi connectivity index (χ1n) is 5.15. The predicted octanol–water partition coefficient (Wildman–Crippen LogP) is 2.27. The third-order valence-corrected chi connectivity index (χ3v) is 2.88. The molecule has 2 aromatic rings. The molecule has 18 heavy (non-hydrogen) atoms. The molecule has 0 bridgehead atoms. The summed E-state index contributed by atoms with van der Waals surface area (Å²) in [5, 5.41) is 5.13. The van der Waals surface area contributed by atoms with Crippen molar-refractivity contribution in [2.24, 2.45) is 0 Å². The molecule has 0 aromatic carbocycles. The number of thiophene rings is 1. The van der Waals surface area contributed by atoms with Crippen LogP contribution in [0.15, 0.2) is 47.5 Å². The average molecular weight is 257 g/mol. The Labute approximate surface area is 108 Å². The second-order valence-electron chi connectivity index (χ2n) is 3.35. The summed E-state index contributed by atoms with van der Waals surface area (Å²) in [5.41, 5.74) is 0.458. The zero-order valence-electron chi connectivity index (χ0n) is 9.29. The summed E-state index contributed by atoms with van der Waals surface area (Å²) in [6, 6.07) is 8.81. The van der Waals surface area contributed by atoms with Gasteiger partial charge in [-0.1, -0.05) is 6.07 Å². The fraction of sp³-hybridized carbons (Fsp3) is 0. The molecule has 5 heteroatoms. The Morgan fingerprint density at radius 2 is 2.22 bits per heavy atom. The highest BCUT2D eigenvalue weighted by atomic mass is 32.1. The minimum atomic E-state index is -0.488. The molecule has 1 radical (unpaired) electrons. The third kappa shape index (κ3) is 3.11. The number of carbonyl (C=O) groups excluding carboxylic acids is 2. The average Bonchev–Trinajstić information content (AvgIpc) is 2.90. The number of hydrogen-bond donors (Lipinski definition) is 1. The Bertz CT molecular complexity index is 562. The highest BCUT2D eigenvalue weighted by Crippen LogP contribution is 2.16. The molecule has 1 amide bonds. The second-order valence-corrected chi connectivity index (χ2v) is 4.29. The van der Waals surface area contributed by atoms with E-state index in [0.29, 0.717) is 10.7 Å². The zero-order valence-corrected chi connectivity index (χ0v) is 10.1. The first kappa shape index (κ1) is 12.2. The molecule has 2 rings (SSSR count). The lowest BCUT2D eigenvalue weighted by molar-refractivity contribution is -0.112. The smallest absolute Gasteiger partial charge is 0.260 e. The van der Waals surface area contributed by atoms with Crippen LogP contribution in [0.25, 0.3) is 6.08 Å². The minimum Gasteiger partial charge on any atom is -0.313 e. The van der Waals surface area contributed by atoms with Gasteiger partial charge in [0.2, 0.25) is 6.29 Å². The van der Waals surface area contributed by atoms with Crippen molar-refractivity contribution < 1.29 is 9.59 Å². The maximum Gasteiger partial charge on any atom is 0.260 e. The van der Waals surface area contributed by atoms with Crippen LogP contribution in [0.5, 0.6) is 0 Å². The maximum absolute atomic E-state index is 11.8. The molecule has 0 fully saturated rings. The topological polar surface area (TPSA) is 59.1 Å². The van der Waals surface area contributed by atoms with E-state index in [-0.39, 0.29) is 5.57 Å². The van der Waals surface area contributed by atoms with E-state index < -0.39 is 5.91 Å². The molecule has 0 atom stereocenters. The molecule has 0 aliphatic rings. The molecule has 2 aromatic heterocycles. The first-order chi connectivity index (χ1) is 8.79. The number of pyridine rings is 1. The molecule has 4 nitrogen and oxygen atoms in total. The van der Waals surface area contributed by atoms with Gasteiger partial charge in [-0.3, -0.25) is 14.6 Å². The van der Waals surface area contributed by atoms with Crippen molar-refractivity contribution in [1.82, 2.24) is 4.98 Å². The quantitative estimate of drug-likeness (QED) is 0.519. The van der Waals surface area contributed by atoms with Crippen molar-refractivity contribution in [2.75, 3.05) is 5.32 Å². The number of amides is 1. The summed E-state index contributed by atoms with van der Waals surface area (Å²) in [4.78, 5) is 26.6. The summed E-state index contributed by atoms with van der Waals surface area (Å²) >= 11 is 1.38. The van der Waals surface area contributed by atoms with Crippen molar-refractivity contribution in [3.05, 3.63) is 53.2 Å². The van der Waals surface area contributed by atoms with Crippen LogP contribution in [0.1, 0.15) is 5.69 Å². The standard InChI is InChI=1S/C13H9N2O2S/c16-9-10(8-11-4-1-2-6-14-11)13(17)15-12-5-3-7-18-12/h1-8H,(H,15,17)/b10-8+. The fourth-order valence-electron chi connectivity index (χ4n) is 1.28. The van der Waals surface area contributed by atoms with Crippen molar-refractivity contribution in [2.45, 2.75) is 0 Å². The molecule has 0 saturated carbocycles. The van der Waals surface area contributed by atoms with Gasteiger partial charge in [0.05, 0.1) is 16.3 Å². The molecule has 89 valence electrons. The van der Waals surface area contributed by atoms with Gasteiger partial charge in [-0.2, -0.15) is 0 Å². The number of aromatic nitrogens is 1. The summed E-state index contributed by atoms with van der Waals surface area (Å²) in [6.45, 7) is 0. The molecule has 0 aliphatic carbocycles. The van der Waals surface area contributed by atoms with E-state index in [1.165, 1.54) is 17.4 Å². The van der Waals surface area contributed by atoms with Crippen LogP contribution in [0.3, 0.4) is 0 Å². The molecule has 0 aliphatic heterocycles. The van der Waals surface area contributed by atoms with E-state index in [9.17, 15) is 9.59 Å². The van der Waals surface area contributed by atoms with Gasteiger partial charge in [-0.25, -0.2) is 0 Å². The molecule has 2 heterocycles. The zero-order chi connectivity index (χ0) is 12.8. The third-order valence-electron chi connectivity index (χ3n) is 2.09. The monoisotopic (exact) mass is 257 g/mol. The number of rotatable bonds is 4. The fourth-order valence-corrected chi connectivity index (χ4v) is 1.89. The van der Waals surface area contributed by atoms with Gasteiger partial charge >= 0.3 is 0 Å². The van der Waals surface area contributed by atoms with Crippen LogP contribution in [0.2, 0.25) is 0 Å². The number of nitrogens with one attached hydrogen (secondary N) is 1. The minimum absolute atomic E-state index is 0.0814. The van der Waals surface area contributed by atoms with Crippen LogP contribution >= 0.6 is 11.3 Å². The second kappa shape index (κ2) is 5.88. The number of carbonyl (C=O) groups is 1. The molecule has 0 spiro atoms. The normalized spacial score (nSPS) is 11.0. The van der Waals surface area contributed by atoms with Crippen LogP contribution in [0, 0.1) is 0 Å². The largest absolute Gasteiger partial charge is 0.313 e. The molecule has 1 N–H and O–H groups in total. The summed E-state index contributed by atoms with van der Waals surface area (Å²) < 4.78 is 0. The van der Waals surface area contributed by atoms with Crippen LogP contribution < -0.4 is 5.32 Å². The molecule has 0 saturated heterocycles. The van der Waals surface area contributed by atoms with E-state index in [2.05, 4.69) is 10.3 Å². The Morgan fingerprint density at radius 1 is 1.33 bits per heavy atom. The Balaban J connectivity index is 2.16. The van der Waals surface area contributed by atoms with Gasteiger partial charge in [0, 0.05) is 6.20 Å². The van der Waals surface area contributed by atoms with Crippen LogP contribution in [-0.4, -0.2) is 17.2 Å². The van der Waals surface area contributed by atoms with Crippen LogP contribution in [0.4, 0.5) is 5.00 Å². The van der Waals surface area contributed by atoms with Gasteiger partial charge < -0.3 is 5.32 Å². The van der Waals surface area contributed by atoms with Crippen molar-refractivity contribution in [1.29, 1.82) is 0 Å². The van der Waals surface area contributed by atoms with Gasteiger partial charge in [0.1, 0.15) is 0 Å². The highest BCUT2D eigenvalue weighted by molar-refractivity contribution is 7.14. The van der Waals surface area contributed by atoms with E-state index in [4.69, 9.17) is 0 Å². The number of hydrogen-bond acceptors (Lipinski definition) is 4. The lowest BCUT2D eigenvalue weighted by atomic mass is 10.2. The van der Waals surface area contributed by atoms with Gasteiger partial charge in [0.25, 0.3) is 5.91 Å². The summed E-state index contributed by atoms with van der Waals surface area (Å²) in [5.74, 6) is -0.488. The Hall–Kier alpha value is -2.27. The van der Waals surface area contributed by atoms with Crippen molar-refractivity contribution >= 4 is 34.6 Å². The summed E-state index contributed by atoms with van der Waals surface area (Å²) in [6.07, 6.45) is 4.61. The Kier molecular flexibility index (Phi) is 3.98. The van der Waals surface area contributed by atoms with Gasteiger partial charge in [0.15, 0.2) is 0 Å². The first-order valence-corrected chi connectivity index (χ1v) is 6.03. The van der Waals surface area contributed by atoms with E-state index in [1.54, 1.807) is 36.7 Å². The number of anilines is 1.